The first-order valence-electron chi connectivity index (χ1n) is 5.36. The maximum Gasteiger partial charge on any atom is 0.224 e. The second kappa shape index (κ2) is 6.27. The number of hydrogen-bond acceptors (Lipinski definition) is 3. The van der Waals surface area contributed by atoms with Crippen molar-refractivity contribution in [3.63, 3.8) is 0 Å². The van der Waals surface area contributed by atoms with E-state index in [1.165, 1.54) is 0 Å². The third-order valence-electron chi connectivity index (χ3n) is 2.49. The Balaban J connectivity index is 2.19. The van der Waals surface area contributed by atoms with Gasteiger partial charge in [-0.05, 0) is 6.42 Å². The molecule has 5 nitrogen and oxygen atoms in total. The lowest BCUT2D eigenvalue weighted by Crippen LogP contribution is -2.31. The second-order valence-corrected chi connectivity index (χ2v) is 3.77. The Morgan fingerprint density at radius 3 is 2.56 bits per heavy atom. The molecule has 2 amide bonds. The van der Waals surface area contributed by atoms with Gasteiger partial charge in [0.2, 0.25) is 11.8 Å². The van der Waals surface area contributed by atoms with Gasteiger partial charge in [-0.2, -0.15) is 0 Å². The fourth-order valence-electron chi connectivity index (χ4n) is 1.49. The average molecular weight is 226 g/mol. The lowest BCUT2D eigenvalue weighted by Gasteiger charge is -2.04. The molecule has 0 bridgehead atoms. The van der Waals surface area contributed by atoms with E-state index < -0.39 is 0 Å². The maximum atomic E-state index is 11.5. The molecule has 0 heterocycles. The van der Waals surface area contributed by atoms with Crippen molar-refractivity contribution < 1.29 is 14.3 Å². The predicted octanol–water partition coefficient (Wildman–Crippen LogP) is -0.313. The third-order valence-corrected chi connectivity index (χ3v) is 2.49. The molecule has 1 saturated carbocycles. The number of nitrogens with one attached hydrogen (secondary N) is 2. The van der Waals surface area contributed by atoms with Crippen molar-refractivity contribution in [2.75, 3.05) is 26.8 Å². The van der Waals surface area contributed by atoms with Gasteiger partial charge < -0.3 is 15.4 Å². The van der Waals surface area contributed by atoms with Crippen molar-refractivity contribution in [1.29, 1.82) is 0 Å². The number of ether oxygens (including phenoxy) is 1. The van der Waals surface area contributed by atoms with Crippen LogP contribution in [0.4, 0.5) is 0 Å². The quantitative estimate of drug-likeness (QED) is 0.462. The van der Waals surface area contributed by atoms with E-state index in [9.17, 15) is 9.59 Å². The van der Waals surface area contributed by atoms with Crippen molar-refractivity contribution in [2.24, 2.45) is 11.8 Å². The van der Waals surface area contributed by atoms with E-state index in [0.29, 0.717) is 26.1 Å². The fourth-order valence-corrected chi connectivity index (χ4v) is 1.49. The van der Waals surface area contributed by atoms with Crippen LogP contribution in [0.15, 0.2) is 12.7 Å². The van der Waals surface area contributed by atoms with Gasteiger partial charge in [0.1, 0.15) is 0 Å². The normalized spacial score (nSPS) is 22.3. The molecule has 1 fully saturated rings. The van der Waals surface area contributed by atoms with Crippen LogP contribution >= 0.6 is 0 Å². The third kappa shape index (κ3) is 3.66. The Kier molecular flexibility index (Phi) is 4.98. The van der Waals surface area contributed by atoms with Gasteiger partial charge in [0.25, 0.3) is 0 Å². The van der Waals surface area contributed by atoms with Crippen molar-refractivity contribution in [3.05, 3.63) is 12.7 Å². The minimum absolute atomic E-state index is 0.0594. The van der Waals surface area contributed by atoms with E-state index in [1.807, 2.05) is 0 Å². The van der Waals surface area contributed by atoms with Gasteiger partial charge in [-0.3, -0.25) is 9.59 Å². The van der Waals surface area contributed by atoms with E-state index in [2.05, 4.69) is 17.2 Å². The lowest BCUT2D eigenvalue weighted by atomic mass is 10.3. The highest BCUT2D eigenvalue weighted by molar-refractivity contribution is 5.92. The number of carbonyl (C=O) groups is 2. The van der Waals surface area contributed by atoms with E-state index in [0.717, 1.165) is 0 Å². The molecule has 0 aromatic heterocycles. The smallest absolute Gasteiger partial charge is 0.224 e. The molecule has 16 heavy (non-hydrogen) atoms. The lowest BCUT2D eigenvalue weighted by molar-refractivity contribution is -0.127. The topological polar surface area (TPSA) is 67.4 Å². The van der Waals surface area contributed by atoms with Crippen LogP contribution in [0.1, 0.15) is 6.42 Å². The van der Waals surface area contributed by atoms with Crippen molar-refractivity contribution in [1.82, 2.24) is 10.6 Å². The summed E-state index contributed by atoms with van der Waals surface area (Å²) in [7, 11) is 1.58. The van der Waals surface area contributed by atoms with Gasteiger partial charge in [0, 0.05) is 20.2 Å². The first-order valence-corrected chi connectivity index (χ1v) is 5.36. The Labute approximate surface area is 95.2 Å². The Bertz CT molecular complexity index is 278. The molecule has 5 heteroatoms. The molecular formula is C11H18N2O3. The van der Waals surface area contributed by atoms with Gasteiger partial charge in [-0.15, -0.1) is 6.58 Å². The van der Waals surface area contributed by atoms with E-state index in [1.54, 1.807) is 13.2 Å². The summed E-state index contributed by atoms with van der Waals surface area (Å²) in [6.07, 6.45) is 2.26. The molecule has 90 valence electrons. The van der Waals surface area contributed by atoms with Crippen LogP contribution in [0, 0.1) is 11.8 Å². The van der Waals surface area contributed by atoms with Gasteiger partial charge >= 0.3 is 0 Å². The van der Waals surface area contributed by atoms with Crippen LogP contribution in [0.25, 0.3) is 0 Å². The second-order valence-electron chi connectivity index (χ2n) is 3.77. The number of rotatable bonds is 7. The molecule has 0 radical (unpaired) electrons. The summed E-state index contributed by atoms with van der Waals surface area (Å²) in [5.74, 6) is -0.452. The molecular weight excluding hydrogens is 208 g/mol. The largest absolute Gasteiger partial charge is 0.383 e. The zero-order valence-corrected chi connectivity index (χ0v) is 9.49. The first-order chi connectivity index (χ1) is 7.70. The molecule has 2 N–H and O–H groups in total. The van der Waals surface area contributed by atoms with Crippen LogP contribution in [0.3, 0.4) is 0 Å². The van der Waals surface area contributed by atoms with E-state index in [-0.39, 0.29) is 23.7 Å². The summed E-state index contributed by atoms with van der Waals surface area (Å²) >= 11 is 0. The molecule has 0 aromatic carbocycles. The van der Waals surface area contributed by atoms with Crippen molar-refractivity contribution >= 4 is 11.8 Å². The molecule has 1 aliphatic rings. The predicted molar refractivity (Wildman–Crippen MR) is 59.7 cm³/mol. The molecule has 2 unspecified atom stereocenters. The Morgan fingerprint density at radius 1 is 1.38 bits per heavy atom. The SMILES string of the molecule is C=CCNC(=O)C1CC1C(=O)NCCOC. The molecule has 2 atom stereocenters. The van der Waals surface area contributed by atoms with Crippen molar-refractivity contribution in [2.45, 2.75) is 6.42 Å². The average Bonchev–Trinajstić information content (AvgIpc) is 3.06. The van der Waals surface area contributed by atoms with Crippen LogP contribution in [0.5, 0.6) is 0 Å². The minimum Gasteiger partial charge on any atom is -0.383 e. The highest BCUT2D eigenvalue weighted by Gasteiger charge is 2.47. The van der Waals surface area contributed by atoms with Gasteiger partial charge in [0.15, 0.2) is 0 Å². The standard InChI is InChI=1S/C11H18N2O3/c1-3-4-12-10(14)8-7-9(8)11(15)13-5-6-16-2/h3,8-9H,1,4-7H2,2H3,(H,12,14)(H,13,15). The van der Waals surface area contributed by atoms with Gasteiger partial charge in [-0.1, -0.05) is 6.08 Å². The minimum atomic E-state index is -0.165. The number of amides is 2. The summed E-state index contributed by atoms with van der Waals surface area (Å²) in [4.78, 5) is 22.9. The number of carbonyl (C=O) groups excluding carboxylic acids is 2. The fraction of sp³-hybridized carbons (Fsp3) is 0.636. The molecule has 1 rings (SSSR count). The summed E-state index contributed by atoms with van der Waals surface area (Å²) < 4.78 is 4.81. The van der Waals surface area contributed by atoms with Crippen LogP contribution in [0.2, 0.25) is 0 Å². The Hall–Kier alpha value is -1.36. The molecule has 0 saturated heterocycles. The first kappa shape index (κ1) is 12.7. The molecule has 0 aliphatic heterocycles. The summed E-state index contributed by atoms with van der Waals surface area (Å²) in [6.45, 7) is 4.94. The van der Waals surface area contributed by atoms with Gasteiger partial charge in [0.05, 0.1) is 18.4 Å². The van der Waals surface area contributed by atoms with Crippen LogP contribution in [-0.2, 0) is 14.3 Å². The van der Waals surface area contributed by atoms with Crippen LogP contribution in [-0.4, -0.2) is 38.6 Å². The monoisotopic (exact) mass is 226 g/mol. The van der Waals surface area contributed by atoms with E-state index >= 15 is 0 Å². The highest BCUT2D eigenvalue weighted by Crippen LogP contribution is 2.38. The summed E-state index contributed by atoms with van der Waals surface area (Å²) in [5, 5.41) is 5.41. The zero-order chi connectivity index (χ0) is 12.0. The van der Waals surface area contributed by atoms with E-state index in [4.69, 9.17) is 4.74 Å². The zero-order valence-electron chi connectivity index (χ0n) is 9.49. The summed E-state index contributed by atoms with van der Waals surface area (Å²) in [6, 6.07) is 0. The molecule has 1 aliphatic carbocycles. The molecule has 0 spiro atoms. The summed E-state index contributed by atoms with van der Waals surface area (Å²) in [5.41, 5.74) is 0. The molecule has 0 aromatic rings. The number of methoxy groups -OCH3 is 1. The van der Waals surface area contributed by atoms with Crippen molar-refractivity contribution in [3.8, 4) is 0 Å². The Morgan fingerprint density at radius 2 is 2.00 bits per heavy atom. The van der Waals surface area contributed by atoms with Crippen LogP contribution < -0.4 is 10.6 Å². The highest BCUT2D eigenvalue weighted by atomic mass is 16.5. The van der Waals surface area contributed by atoms with Gasteiger partial charge in [-0.25, -0.2) is 0 Å². The number of hydrogen-bond donors (Lipinski definition) is 2. The maximum absolute atomic E-state index is 11.5.